The summed E-state index contributed by atoms with van der Waals surface area (Å²) in [6, 6.07) is 32.8. The van der Waals surface area contributed by atoms with E-state index in [0.717, 1.165) is 44.2 Å². The van der Waals surface area contributed by atoms with Crippen LogP contribution >= 0.6 is 0 Å². The molecule has 0 bridgehead atoms. The van der Waals surface area contributed by atoms with Gasteiger partial charge in [0.2, 0.25) is 0 Å². The summed E-state index contributed by atoms with van der Waals surface area (Å²) in [7, 11) is 0. The first-order chi connectivity index (χ1) is 13.3. The molecule has 126 valence electrons. The first kappa shape index (κ1) is 15.4. The number of rotatable bonds is 2. The highest BCUT2D eigenvalue weighted by molar-refractivity contribution is 6.05. The monoisotopic (exact) mass is 345 g/mol. The molecule has 5 aromatic rings. The van der Waals surface area contributed by atoms with Gasteiger partial charge in [-0.2, -0.15) is 5.26 Å². The van der Waals surface area contributed by atoms with Crippen molar-refractivity contribution >= 4 is 21.9 Å². The SMILES string of the molecule is N#Cc1ccc(-c2ccc(-c3ccc4c(c3)oc3ccccc34)cc2)cc1. The molecule has 2 nitrogen and oxygen atoms in total. The molecule has 0 spiro atoms. The zero-order chi connectivity index (χ0) is 18.2. The highest BCUT2D eigenvalue weighted by Gasteiger charge is 2.08. The molecule has 0 radical (unpaired) electrons. The number of hydrogen-bond donors (Lipinski definition) is 0. The van der Waals surface area contributed by atoms with Crippen LogP contribution in [0.25, 0.3) is 44.2 Å². The maximum atomic E-state index is 8.93. The molecule has 0 unspecified atom stereocenters. The van der Waals surface area contributed by atoms with Crippen LogP contribution in [0.15, 0.2) is 95.4 Å². The fraction of sp³-hybridized carbons (Fsp3) is 0. The summed E-state index contributed by atoms with van der Waals surface area (Å²) >= 11 is 0. The Morgan fingerprint density at radius 3 is 1.81 bits per heavy atom. The lowest BCUT2D eigenvalue weighted by Gasteiger charge is -2.05. The number of benzene rings is 4. The molecule has 27 heavy (non-hydrogen) atoms. The van der Waals surface area contributed by atoms with Gasteiger partial charge in [-0.15, -0.1) is 0 Å². The zero-order valence-electron chi connectivity index (χ0n) is 14.5. The van der Waals surface area contributed by atoms with E-state index in [1.165, 1.54) is 0 Å². The molecule has 0 saturated carbocycles. The Kier molecular flexibility index (Phi) is 3.52. The summed E-state index contributed by atoms with van der Waals surface area (Å²) in [6.07, 6.45) is 0. The predicted molar refractivity (Wildman–Crippen MR) is 109 cm³/mol. The third-order valence-corrected chi connectivity index (χ3v) is 4.94. The Morgan fingerprint density at radius 2 is 1.11 bits per heavy atom. The molecule has 0 saturated heterocycles. The van der Waals surface area contributed by atoms with E-state index in [9.17, 15) is 0 Å². The van der Waals surface area contributed by atoms with Crippen molar-refractivity contribution in [2.45, 2.75) is 0 Å². The van der Waals surface area contributed by atoms with Gasteiger partial charge in [0.05, 0.1) is 11.6 Å². The first-order valence-electron chi connectivity index (χ1n) is 8.84. The minimum absolute atomic E-state index is 0.675. The number of para-hydroxylation sites is 1. The molecule has 0 amide bonds. The number of nitriles is 1. The summed E-state index contributed by atoms with van der Waals surface area (Å²) in [5.74, 6) is 0. The Morgan fingerprint density at radius 1 is 0.556 bits per heavy atom. The van der Waals surface area contributed by atoms with Crippen molar-refractivity contribution in [2.75, 3.05) is 0 Å². The molecule has 0 atom stereocenters. The van der Waals surface area contributed by atoms with Gasteiger partial charge in [0.15, 0.2) is 0 Å². The van der Waals surface area contributed by atoms with Gasteiger partial charge in [-0.25, -0.2) is 0 Å². The van der Waals surface area contributed by atoms with E-state index in [2.05, 4.69) is 54.6 Å². The van der Waals surface area contributed by atoms with Crippen molar-refractivity contribution in [2.24, 2.45) is 0 Å². The third-order valence-electron chi connectivity index (χ3n) is 4.94. The summed E-state index contributed by atoms with van der Waals surface area (Å²) in [4.78, 5) is 0. The largest absolute Gasteiger partial charge is 0.456 e. The van der Waals surface area contributed by atoms with Crippen LogP contribution in [0.3, 0.4) is 0 Å². The average molecular weight is 345 g/mol. The zero-order valence-corrected chi connectivity index (χ0v) is 14.5. The number of nitrogens with zero attached hydrogens (tertiary/aromatic N) is 1. The molecule has 0 N–H and O–H groups in total. The topological polar surface area (TPSA) is 36.9 Å². The molecule has 1 heterocycles. The fourth-order valence-corrected chi connectivity index (χ4v) is 3.50. The van der Waals surface area contributed by atoms with Crippen LogP contribution in [0.4, 0.5) is 0 Å². The van der Waals surface area contributed by atoms with E-state index in [4.69, 9.17) is 9.68 Å². The van der Waals surface area contributed by atoms with Crippen LogP contribution in [0.2, 0.25) is 0 Å². The standard InChI is InChI=1S/C25H15NO/c26-16-17-5-7-18(8-6-17)19-9-11-20(12-10-19)21-13-14-23-22-3-1-2-4-24(22)27-25(23)15-21/h1-15H. The second-order valence-corrected chi connectivity index (χ2v) is 6.58. The quantitative estimate of drug-likeness (QED) is 0.353. The van der Waals surface area contributed by atoms with Gasteiger partial charge in [0.1, 0.15) is 11.2 Å². The third kappa shape index (κ3) is 2.67. The fourth-order valence-electron chi connectivity index (χ4n) is 3.50. The van der Waals surface area contributed by atoms with Crippen molar-refractivity contribution in [3.05, 3.63) is 96.6 Å². The summed E-state index contributed by atoms with van der Waals surface area (Å²) < 4.78 is 6.00. The summed E-state index contributed by atoms with van der Waals surface area (Å²) in [5.41, 5.74) is 7.02. The van der Waals surface area contributed by atoms with Crippen molar-refractivity contribution in [3.63, 3.8) is 0 Å². The van der Waals surface area contributed by atoms with E-state index >= 15 is 0 Å². The number of hydrogen-bond acceptors (Lipinski definition) is 2. The van der Waals surface area contributed by atoms with Gasteiger partial charge < -0.3 is 4.42 Å². The Bertz CT molecular complexity index is 1300. The van der Waals surface area contributed by atoms with E-state index < -0.39 is 0 Å². The molecule has 1 aromatic heterocycles. The van der Waals surface area contributed by atoms with Gasteiger partial charge in [-0.3, -0.25) is 0 Å². The highest BCUT2D eigenvalue weighted by Crippen LogP contribution is 2.32. The van der Waals surface area contributed by atoms with Crippen LogP contribution in [0.1, 0.15) is 5.56 Å². The van der Waals surface area contributed by atoms with Gasteiger partial charge in [-0.05, 0) is 52.6 Å². The lowest BCUT2D eigenvalue weighted by Crippen LogP contribution is -1.81. The molecule has 0 aliphatic carbocycles. The van der Waals surface area contributed by atoms with Crippen LogP contribution in [0, 0.1) is 11.3 Å². The lowest BCUT2D eigenvalue weighted by atomic mass is 9.99. The summed E-state index contributed by atoms with van der Waals surface area (Å²) in [6.45, 7) is 0. The van der Waals surface area contributed by atoms with Crippen molar-refractivity contribution in [3.8, 4) is 28.3 Å². The molecule has 0 fully saturated rings. The maximum absolute atomic E-state index is 8.93. The molecule has 2 heteroatoms. The molecule has 4 aromatic carbocycles. The Labute approximate surface area is 156 Å². The van der Waals surface area contributed by atoms with Crippen molar-refractivity contribution in [1.82, 2.24) is 0 Å². The van der Waals surface area contributed by atoms with E-state index in [1.807, 2.05) is 42.5 Å². The summed E-state index contributed by atoms with van der Waals surface area (Å²) in [5, 5.41) is 11.2. The first-order valence-corrected chi connectivity index (χ1v) is 8.84. The predicted octanol–water partition coefficient (Wildman–Crippen LogP) is 6.79. The van der Waals surface area contributed by atoms with E-state index in [0.29, 0.717) is 5.56 Å². The van der Waals surface area contributed by atoms with Gasteiger partial charge in [0.25, 0.3) is 0 Å². The van der Waals surface area contributed by atoms with Gasteiger partial charge in [-0.1, -0.05) is 60.7 Å². The minimum Gasteiger partial charge on any atom is -0.456 e. The maximum Gasteiger partial charge on any atom is 0.136 e. The van der Waals surface area contributed by atoms with E-state index in [1.54, 1.807) is 0 Å². The van der Waals surface area contributed by atoms with Crippen LogP contribution in [-0.2, 0) is 0 Å². The molecule has 5 rings (SSSR count). The number of furan rings is 1. The smallest absolute Gasteiger partial charge is 0.136 e. The second kappa shape index (κ2) is 6.16. The molecular formula is C25H15NO. The Balaban J connectivity index is 1.52. The van der Waals surface area contributed by atoms with Crippen molar-refractivity contribution < 1.29 is 4.42 Å². The van der Waals surface area contributed by atoms with Crippen LogP contribution < -0.4 is 0 Å². The normalized spacial score (nSPS) is 10.9. The minimum atomic E-state index is 0.675. The number of fused-ring (bicyclic) bond motifs is 3. The van der Waals surface area contributed by atoms with Crippen LogP contribution in [0.5, 0.6) is 0 Å². The van der Waals surface area contributed by atoms with Crippen molar-refractivity contribution in [1.29, 1.82) is 5.26 Å². The highest BCUT2D eigenvalue weighted by atomic mass is 16.3. The second-order valence-electron chi connectivity index (χ2n) is 6.58. The average Bonchev–Trinajstić information content (AvgIpc) is 3.12. The van der Waals surface area contributed by atoms with E-state index in [-0.39, 0.29) is 0 Å². The van der Waals surface area contributed by atoms with Gasteiger partial charge in [0, 0.05) is 10.8 Å². The van der Waals surface area contributed by atoms with Crippen LogP contribution in [-0.4, -0.2) is 0 Å². The molecular weight excluding hydrogens is 330 g/mol. The molecule has 0 aliphatic heterocycles. The van der Waals surface area contributed by atoms with Gasteiger partial charge >= 0.3 is 0 Å². The lowest BCUT2D eigenvalue weighted by molar-refractivity contribution is 0.669. The molecule has 0 aliphatic rings. The Hall–Kier alpha value is -3.83.